The SMILES string of the molecule is CC(C)CCn1cc(CNCC(C)C)c2ccc(Cl)cc21. The minimum absolute atomic E-state index is 0.675. The van der Waals surface area contributed by atoms with Gasteiger partial charge in [-0.05, 0) is 42.5 Å². The van der Waals surface area contributed by atoms with E-state index in [0.29, 0.717) is 11.8 Å². The zero-order valence-electron chi connectivity index (χ0n) is 13.6. The number of nitrogens with one attached hydrogen (secondary N) is 1. The molecule has 0 saturated heterocycles. The Labute approximate surface area is 133 Å². The van der Waals surface area contributed by atoms with Crippen LogP contribution in [0.4, 0.5) is 0 Å². The normalized spacial score (nSPS) is 12.0. The van der Waals surface area contributed by atoms with Crippen LogP contribution >= 0.6 is 11.6 Å². The highest BCUT2D eigenvalue weighted by atomic mass is 35.5. The smallest absolute Gasteiger partial charge is 0.0498 e. The maximum Gasteiger partial charge on any atom is 0.0498 e. The molecule has 1 aromatic heterocycles. The first-order valence-corrected chi connectivity index (χ1v) is 8.33. The first-order chi connectivity index (χ1) is 9.97. The molecule has 0 radical (unpaired) electrons. The standard InChI is InChI=1S/C18H27ClN2/c1-13(2)7-8-21-12-15(11-20-10-14(3)4)17-6-5-16(19)9-18(17)21/h5-6,9,12-14,20H,7-8,10-11H2,1-4H3. The molecule has 1 aromatic carbocycles. The number of aryl methyl sites for hydroxylation is 1. The molecule has 0 atom stereocenters. The van der Waals surface area contributed by atoms with Gasteiger partial charge in [-0.3, -0.25) is 0 Å². The molecule has 0 aliphatic carbocycles. The minimum Gasteiger partial charge on any atom is -0.347 e. The zero-order chi connectivity index (χ0) is 15.4. The number of hydrogen-bond donors (Lipinski definition) is 1. The van der Waals surface area contributed by atoms with E-state index in [2.05, 4.69) is 55.9 Å². The van der Waals surface area contributed by atoms with Crippen LogP contribution in [0.5, 0.6) is 0 Å². The average molecular weight is 307 g/mol. The first kappa shape index (κ1) is 16.4. The van der Waals surface area contributed by atoms with Gasteiger partial charge in [0.1, 0.15) is 0 Å². The highest BCUT2D eigenvalue weighted by molar-refractivity contribution is 6.31. The molecule has 0 bridgehead atoms. The monoisotopic (exact) mass is 306 g/mol. The predicted molar refractivity (Wildman–Crippen MR) is 92.9 cm³/mol. The molecule has 2 aromatic rings. The molecule has 1 N–H and O–H groups in total. The van der Waals surface area contributed by atoms with Crippen molar-refractivity contribution in [2.45, 2.75) is 47.2 Å². The van der Waals surface area contributed by atoms with Gasteiger partial charge in [0.2, 0.25) is 0 Å². The van der Waals surface area contributed by atoms with E-state index in [1.54, 1.807) is 0 Å². The van der Waals surface area contributed by atoms with Crippen LogP contribution in [0.2, 0.25) is 5.02 Å². The average Bonchev–Trinajstić information content (AvgIpc) is 2.73. The Bertz CT molecular complexity index is 584. The molecule has 2 nitrogen and oxygen atoms in total. The van der Waals surface area contributed by atoms with Crippen molar-refractivity contribution < 1.29 is 0 Å². The van der Waals surface area contributed by atoms with Gasteiger partial charge >= 0.3 is 0 Å². The molecule has 0 saturated carbocycles. The molecule has 0 fully saturated rings. The highest BCUT2D eigenvalue weighted by Gasteiger charge is 2.09. The summed E-state index contributed by atoms with van der Waals surface area (Å²) in [5.74, 6) is 1.39. The molecule has 116 valence electrons. The summed E-state index contributed by atoms with van der Waals surface area (Å²) >= 11 is 6.18. The lowest BCUT2D eigenvalue weighted by atomic mass is 10.1. The van der Waals surface area contributed by atoms with E-state index in [1.165, 1.54) is 22.9 Å². The van der Waals surface area contributed by atoms with Crippen LogP contribution in [0.1, 0.15) is 39.7 Å². The van der Waals surface area contributed by atoms with Crippen LogP contribution < -0.4 is 5.32 Å². The van der Waals surface area contributed by atoms with Crippen molar-refractivity contribution in [1.29, 1.82) is 0 Å². The van der Waals surface area contributed by atoms with Crippen LogP contribution in [0.3, 0.4) is 0 Å². The van der Waals surface area contributed by atoms with Crippen LogP contribution in [-0.4, -0.2) is 11.1 Å². The zero-order valence-corrected chi connectivity index (χ0v) is 14.4. The number of hydrogen-bond acceptors (Lipinski definition) is 1. The van der Waals surface area contributed by atoms with Crippen LogP contribution in [0, 0.1) is 11.8 Å². The first-order valence-electron chi connectivity index (χ1n) is 7.95. The molecule has 3 heteroatoms. The molecule has 0 unspecified atom stereocenters. The molecular formula is C18H27ClN2. The third-order valence-electron chi connectivity index (χ3n) is 3.74. The van der Waals surface area contributed by atoms with Gasteiger partial charge in [0, 0.05) is 35.2 Å². The Morgan fingerprint density at radius 1 is 1.14 bits per heavy atom. The number of halogens is 1. The van der Waals surface area contributed by atoms with Gasteiger partial charge in [-0.25, -0.2) is 0 Å². The van der Waals surface area contributed by atoms with Gasteiger partial charge in [-0.1, -0.05) is 45.4 Å². The number of aromatic nitrogens is 1. The van der Waals surface area contributed by atoms with E-state index < -0.39 is 0 Å². The lowest BCUT2D eigenvalue weighted by Gasteiger charge is -2.07. The lowest BCUT2D eigenvalue weighted by Crippen LogP contribution is -2.18. The third kappa shape index (κ3) is 4.49. The van der Waals surface area contributed by atoms with Crippen LogP contribution in [-0.2, 0) is 13.1 Å². The topological polar surface area (TPSA) is 17.0 Å². The second-order valence-corrected chi connectivity index (χ2v) is 7.15. The van der Waals surface area contributed by atoms with E-state index in [4.69, 9.17) is 11.6 Å². The summed E-state index contributed by atoms with van der Waals surface area (Å²) in [4.78, 5) is 0. The number of nitrogens with zero attached hydrogens (tertiary/aromatic N) is 1. The molecular weight excluding hydrogens is 280 g/mol. The van der Waals surface area contributed by atoms with E-state index in [1.807, 2.05) is 6.07 Å². The van der Waals surface area contributed by atoms with E-state index >= 15 is 0 Å². The van der Waals surface area contributed by atoms with Crippen LogP contribution in [0.15, 0.2) is 24.4 Å². The summed E-state index contributed by atoms with van der Waals surface area (Å²) in [7, 11) is 0. The fourth-order valence-electron chi connectivity index (χ4n) is 2.56. The Balaban J connectivity index is 2.24. The van der Waals surface area contributed by atoms with Crippen molar-refractivity contribution in [3.8, 4) is 0 Å². The van der Waals surface area contributed by atoms with Gasteiger partial charge in [-0.2, -0.15) is 0 Å². The Morgan fingerprint density at radius 2 is 1.90 bits per heavy atom. The van der Waals surface area contributed by atoms with Gasteiger partial charge in [0.15, 0.2) is 0 Å². The Morgan fingerprint density at radius 3 is 2.57 bits per heavy atom. The lowest BCUT2D eigenvalue weighted by molar-refractivity contribution is 0.522. The fourth-order valence-corrected chi connectivity index (χ4v) is 2.73. The van der Waals surface area contributed by atoms with Gasteiger partial charge in [0.25, 0.3) is 0 Å². The number of fused-ring (bicyclic) bond motifs is 1. The third-order valence-corrected chi connectivity index (χ3v) is 3.98. The van der Waals surface area contributed by atoms with Crippen molar-refractivity contribution in [3.05, 3.63) is 35.0 Å². The quantitative estimate of drug-likeness (QED) is 0.754. The molecule has 0 aliphatic rings. The van der Waals surface area contributed by atoms with E-state index in [-0.39, 0.29) is 0 Å². The van der Waals surface area contributed by atoms with Crippen molar-refractivity contribution in [3.63, 3.8) is 0 Å². The highest BCUT2D eigenvalue weighted by Crippen LogP contribution is 2.25. The van der Waals surface area contributed by atoms with Crippen LogP contribution in [0.25, 0.3) is 10.9 Å². The fraction of sp³-hybridized carbons (Fsp3) is 0.556. The van der Waals surface area contributed by atoms with Crippen molar-refractivity contribution in [2.24, 2.45) is 11.8 Å². The summed E-state index contributed by atoms with van der Waals surface area (Å²) < 4.78 is 2.35. The van der Waals surface area contributed by atoms with Crippen molar-refractivity contribution >= 4 is 22.5 Å². The summed E-state index contributed by atoms with van der Waals surface area (Å²) in [5.41, 5.74) is 2.62. The molecule has 21 heavy (non-hydrogen) atoms. The molecule has 0 aliphatic heterocycles. The van der Waals surface area contributed by atoms with Gasteiger partial charge in [-0.15, -0.1) is 0 Å². The molecule has 1 heterocycles. The Hall–Kier alpha value is -0.990. The molecule has 2 rings (SSSR count). The van der Waals surface area contributed by atoms with Gasteiger partial charge < -0.3 is 9.88 Å². The maximum absolute atomic E-state index is 6.18. The summed E-state index contributed by atoms with van der Waals surface area (Å²) in [6, 6.07) is 6.22. The predicted octanol–water partition coefficient (Wildman–Crippen LogP) is 5.09. The number of benzene rings is 1. The van der Waals surface area contributed by atoms with Crippen molar-refractivity contribution in [2.75, 3.05) is 6.54 Å². The second-order valence-electron chi connectivity index (χ2n) is 6.72. The van der Waals surface area contributed by atoms with Crippen molar-refractivity contribution in [1.82, 2.24) is 9.88 Å². The second kappa shape index (κ2) is 7.33. The molecule has 0 spiro atoms. The maximum atomic E-state index is 6.18. The molecule has 0 amide bonds. The summed E-state index contributed by atoms with van der Waals surface area (Å²) in [6.45, 7) is 12.0. The Kier molecular flexibility index (Phi) is 5.72. The van der Waals surface area contributed by atoms with E-state index in [0.717, 1.165) is 24.7 Å². The minimum atomic E-state index is 0.675. The van der Waals surface area contributed by atoms with Gasteiger partial charge in [0.05, 0.1) is 0 Å². The number of rotatable bonds is 7. The largest absolute Gasteiger partial charge is 0.347 e. The summed E-state index contributed by atoms with van der Waals surface area (Å²) in [6.07, 6.45) is 3.48. The van der Waals surface area contributed by atoms with E-state index in [9.17, 15) is 0 Å². The summed E-state index contributed by atoms with van der Waals surface area (Å²) in [5, 5.41) is 5.67.